The standard InChI is InChI=1S/C16H21FO5/c1-2-3-9-20-14-12(22-16(19)13(14)17)10-21-15(18)11-7-5-4-6-8-11/h4-8,12-14,16,19H,2-3,9-10H2,1H3/t12-,13?,14-,16?/m1/s1. The summed E-state index contributed by atoms with van der Waals surface area (Å²) >= 11 is 0. The highest BCUT2D eigenvalue weighted by Crippen LogP contribution is 2.26. The number of rotatable bonds is 7. The second kappa shape index (κ2) is 8.22. The number of hydrogen-bond donors (Lipinski definition) is 1. The highest BCUT2D eigenvalue weighted by Gasteiger charge is 2.45. The van der Waals surface area contributed by atoms with Crippen molar-refractivity contribution >= 4 is 5.97 Å². The smallest absolute Gasteiger partial charge is 0.338 e. The SMILES string of the molecule is CCCCO[C@H]1C(F)C(O)O[C@@H]1COC(=O)c1ccccc1. The molecule has 0 bridgehead atoms. The van der Waals surface area contributed by atoms with Crippen LogP contribution in [0, 0.1) is 0 Å². The van der Waals surface area contributed by atoms with Crippen LogP contribution in [0.5, 0.6) is 0 Å². The molecule has 1 aromatic rings. The summed E-state index contributed by atoms with van der Waals surface area (Å²) in [5.41, 5.74) is 0.404. The lowest BCUT2D eigenvalue weighted by Gasteiger charge is -2.19. The number of hydrogen-bond acceptors (Lipinski definition) is 5. The van der Waals surface area contributed by atoms with E-state index in [4.69, 9.17) is 14.2 Å². The second-order valence-electron chi connectivity index (χ2n) is 5.16. The lowest BCUT2D eigenvalue weighted by Crippen LogP contribution is -2.35. The van der Waals surface area contributed by atoms with Crippen LogP contribution < -0.4 is 0 Å². The molecule has 1 aliphatic heterocycles. The van der Waals surface area contributed by atoms with Crippen molar-refractivity contribution in [3.05, 3.63) is 35.9 Å². The molecule has 0 aliphatic carbocycles. The number of carbonyl (C=O) groups is 1. The average Bonchev–Trinajstić information content (AvgIpc) is 2.81. The Morgan fingerprint density at radius 3 is 2.77 bits per heavy atom. The molecule has 1 aliphatic rings. The monoisotopic (exact) mass is 312 g/mol. The molecular weight excluding hydrogens is 291 g/mol. The number of carbonyl (C=O) groups excluding carboxylic acids is 1. The normalized spacial score (nSPS) is 27.8. The lowest BCUT2D eigenvalue weighted by molar-refractivity contribution is -0.122. The van der Waals surface area contributed by atoms with Gasteiger partial charge in [-0.15, -0.1) is 0 Å². The maximum absolute atomic E-state index is 13.9. The van der Waals surface area contributed by atoms with Crippen LogP contribution in [0.25, 0.3) is 0 Å². The molecule has 122 valence electrons. The van der Waals surface area contributed by atoms with Gasteiger partial charge in [0.1, 0.15) is 18.8 Å². The number of aliphatic hydroxyl groups excluding tert-OH is 1. The number of ether oxygens (including phenoxy) is 3. The van der Waals surface area contributed by atoms with E-state index in [0.29, 0.717) is 12.2 Å². The molecular formula is C16H21FO5. The predicted molar refractivity (Wildman–Crippen MR) is 77.1 cm³/mol. The van der Waals surface area contributed by atoms with E-state index in [1.54, 1.807) is 30.3 Å². The van der Waals surface area contributed by atoms with Gasteiger partial charge in [-0.25, -0.2) is 9.18 Å². The first-order chi connectivity index (χ1) is 10.6. The van der Waals surface area contributed by atoms with Gasteiger partial charge in [0.05, 0.1) is 5.56 Å². The van der Waals surface area contributed by atoms with E-state index in [0.717, 1.165) is 12.8 Å². The maximum Gasteiger partial charge on any atom is 0.338 e. The van der Waals surface area contributed by atoms with E-state index >= 15 is 0 Å². The van der Waals surface area contributed by atoms with Crippen molar-refractivity contribution in [3.8, 4) is 0 Å². The van der Waals surface area contributed by atoms with Crippen molar-refractivity contribution in [2.75, 3.05) is 13.2 Å². The number of halogens is 1. The second-order valence-corrected chi connectivity index (χ2v) is 5.16. The van der Waals surface area contributed by atoms with Gasteiger partial charge in [0.2, 0.25) is 0 Å². The van der Waals surface area contributed by atoms with Gasteiger partial charge in [0, 0.05) is 6.61 Å². The fourth-order valence-electron chi connectivity index (χ4n) is 2.21. The Morgan fingerprint density at radius 1 is 1.36 bits per heavy atom. The molecule has 0 amide bonds. The first kappa shape index (κ1) is 16.9. The summed E-state index contributed by atoms with van der Waals surface area (Å²) < 4.78 is 29.5. The van der Waals surface area contributed by atoms with Crippen LogP contribution in [0.4, 0.5) is 4.39 Å². The van der Waals surface area contributed by atoms with Gasteiger partial charge in [-0.3, -0.25) is 0 Å². The van der Waals surface area contributed by atoms with Crippen LogP contribution in [0.3, 0.4) is 0 Å². The van der Waals surface area contributed by atoms with Crippen LogP contribution in [-0.2, 0) is 14.2 Å². The van der Waals surface area contributed by atoms with Crippen molar-refractivity contribution in [2.24, 2.45) is 0 Å². The minimum atomic E-state index is -1.64. The summed E-state index contributed by atoms with van der Waals surface area (Å²) in [6, 6.07) is 8.49. The Hall–Kier alpha value is -1.50. The largest absolute Gasteiger partial charge is 0.459 e. The van der Waals surface area contributed by atoms with Crippen molar-refractivity contribution in [1.29, 1.82) is 0 Å². The Balaban J connectivity index is 1.88. The number of esters is 1. The molecule has 1 fully saturated rings. The summed E-state index contributed by atoms with van der Waals surface area (Å²) in [5.74, 6) is -0.520. The van der Waals surface area contributed by atoms with Gasteiger partial charge in [0.15, 0.2) is 12.5 Å². The quantitative estimate of drug-likeness (QED) is 0.617. The van der Waals surface area contributed by atoms with Crippen LogP contribution in [-0.4, -0.2) is 49.0 Å². The fourth-order valence-corrected chi connectivity index (χ4v) is 2.21. The molecule has 6 heteroatoms. The topological polar surface area (TPSA) is 65.0 Å². The number of aliphatic hydroxyl groups is 1. The van der Waals surface area contributed by atoms with E-state index < -0.39 is 30.6 Å². The Labute approximate surface area is 129 Å². The number of benzene rings is 1. The maximum atomic E-state index is 13.9. The Kier molecular flexibility index (Phi) is 6.30. The van der Waals surface area contributed by atoms with Crippen LogP contribution in [0.15, 0.2) is 30.3 Å². The number of alkyl halides is 1. The van der Waals surface area contributed by atoms with Crippen LogP contribution >= 0.6 is 0 Å². The van der Waals surface area contributed by atoms with Gasteiger partial charge in [0.25, 0.3) is 0 Å². The minimum absolute atomic E-state index is 0.165. The van der Waals surface area contributed by atoms with Gasteiger partial charge in [-0.2, -0.15) is 0 Å². The molecule has 0 aromatic heterocycles. The predicted octanol–water partition coefficient (Wildman–Crippen LogP) is 2.08. The summed E-state index contributed by atoms with van der Waals surface area (Å²) in [6.45, 7) is 2.21. The van der Waals surface area contributed by atoms with Gasteiger partial charge < -0.3 is 19.3 Å². The molecule has 1 heterocycles. The van der Waals surface area contributed by atoms with Gasteiger partial charge in [-0.1, -0.05) is 31.5 Å². The third kappa shape index (κ3) is 4.25. The minimum Gasteiger partial charge on any atom is -0.459 e. The van der Waals surface area contributed by atoms with Gasteiger partial charge >= 0.3 is 5.97 Å². The van der Waals surface area contributed by atoms with E-state index in [1.165, 1.54) is 0 Å². The number of unbranched alkanes of at least 4 members (excludes halogenated alkanes) is 1. The zero-order valence-corrected chi connectivity index (χ0v) is 12.5. The molecule has 0 radical (unpaired) electrons. The first-order valence-electron chi connectivity index (χ1n) is 7.45. The molecule has 4 atom stereocenters. The van der Waals surface area contributed by atoms with Crippen molar-refractivity contribution in [3.63, 3.8) is 0 Å². The molecule has 2 rings (SSSR count). The molecule has 5 nitrogen and oxygen atoms in total. The molecule has 1 aromatic carbocycles. The van der Waals surface area contributed by atoms with E-state index in [2.05, 4.69) is 0 Å². The van der Waals surface area contributed by atoms with Crippen molar-refractivity contribution < 1.29 is 28.5 Å². The van der Waals surface area contributed by atoms with Crippen molar-refractivity contribution in [1.82, 2.24) is 0 Å². The molecule has 0 saturated carbocycles. The summed E-state index contributed by atoms with van der Waals surface area (Å²) in [7, 11) is 0. The van der Waals surface area contributed by atoms with E-state index in [-0.39, 0.29) is 6.61 Å². The molecule has 0 spiro atoms. The average molecular weight is 312 g/mol. The highest BCUT2D eigenvalue weighted by molar-refractivity contribution is 5.89. The van der Waals surface area contributed by atoms with Crippen molar-refractivity contribution in [2.45, 2.75) is 44.4 Å². The highest BCUT2D eigenvalue weighted by atomic mass is 19.1. The van der Waals surface area contributed by atoms with E-state index in [1.807, 2.05) is 6.92 Å². The lowest BCUT2D eigenvalue weighted by atomic mass is 10.1. The van der Waals surface area contributed by atoms with Crippen LogP contribution in [0.2, 0.25) is 0 Å². The zero-order valence-electron chi connectivity index (χ0n) is 12.5. The molecule has 22 heavy (non-hydrogen) atoms. The zero-order chi connectivity index (χ0) is 15.9. The summed E-state index contributed by atoms with van der Waals surface area (Å²) in [4.78, 5) is 11.9. The summed E-state index contributed by atoms with van der Waals surface area (Å²) in [5, 5.41) is 9.46. The third-order valence-corrected chi connectivity index (χ3v) is 3.46. The van der Waals surface area contributed by atoms with Crippen LogP contribution in [0.1, 0.15) is 30.1 Å². The van der Waals surface area contributed by atoms with E-state index in [9.17, 15) is 14.3 Å². The molecule has 2 unspecified atom stereocenters. The Morgan fingerprint density at radius 2 is 2.09 bits per heavy atom. The first-order valence-corrected chi connectivity index (χ1v) is 7.45. The third-order valence-electron chi connectivity index (χ3n) is 3.46. The molecule has 1 N–H and O–H groups in total. The Bertz CT molecular complexity index is 467. The fraction of sp³-hybridized carbons (Fsp3) is 0.562. The summed E-state index contributed by atoms with van der Waals surface area (Å²) in [6.07, 6.45) is -3.22. The van der Waals surface area contributed by atoms with Gasteiger partial charge in [-0.05, 0) is 18.6 Å². The molecule has 1 saturated heterocycles.